The van der Waals surface area contributed by atoms with Crippen molar-refractivity contribution in [3.05, 3.63) is 20.8 Å². The van der Waals surface area contributed by atoms with Crippen molar-refractivity contribution >= 4 is 39.1 Å². The minimum atomic E-state index is -0.167. The van der Waals surface area contributed by atoms with Gasteiger partial charge in [0.2, 0.25) is 11.8 Å². The molecular weight excluding hydrogens is 302 g/mol. The second-order valence-electron chi connectivity index (χ2n) is 4.68. The highest BCUT2D eigenvalue weighted by molar-refractivity contribution is 9.11. The Kier molecular flexibility index (Phi) is 3.68. The van der Waals surface area contributed by atoms with E-state index in [4.69, 9.17) is 0 Å². The molecule has 5 heteroatoms. The lowest BCUT2D eigenvalue weighted by molar-refractivity contribution is -0.138. The fourth-order valence-corrected chi connectivity index (χ4v) is 3.63. The van der Waals surface area contributed by atoms with Gasteiger partial charge in [-0.25, -0.2) is 0 Å². The molecular formula is C12H14BrNO2S. The Labute approximate surface area is 113 Å². The third-order valence-corrected chi connectivity index (χ3v) is 4.66. The number of imide groups is 1. The summed E-state index contributed by atoms with van der Waals surface area (Å²) in [5.41, 5.74) is 1.09. The van der Waals surface area contributed by atoms with E-state index in [9.17, 15) is 9.59 Å². The first kappa shape index (κ1) is 12.8. The average molecular weight is 316 g/mol. The Morgan fingerprint density at radius 2 is 2.18 bits per heavy atom. The predicted octanol–water partition coefficient (Wildman–Crippen LogP) is 2.91. The molecule has 2 amide bonds. The molecule has 1 aliphatic heterocycles. The summed E-state index contributed by atoms with van der Waals surface area (Å²) >= 11 is 5.01. The van der Waals surface area contributed by atoms with Gasteiger partial charge in [-0.1, -0.05) is 13.8 Å². The molecule has 2 unspecified atom stereocenters. The molecule has 92 valence electrons. The van der Waals surface area contributed by atoms with Crippen molar-refractivity contribution in [3.8, 4) is 0 Å². The summed E-state index contributed by atoms with van der Waals surface area (Å²) < 4.78 is 1.04. The number of carbonyl (C=O) groups is 2. The van der Waals surface area contributed by atoms with E-state index >= 15 is 0 Å². The van der Waals surface area contributed by atoms with Crippen LogP contribution in [0.2, 0.25) is 0 Å². The topological polar surface area (TPSA) is 46.2 Å². The molecule has 3 nitrogen and oxygen atoms in total. The number of piperidine rings is 1. The quantitative estimate of drug-likeness (QED) is 0.853. The fourth-order valence-electron chi connectivity index (χ4n) is 2.39. The van der Waals surface area contributed by atoms with Crippen LogP contribution in [0.4, 0.5) is 0 Å². The number of amides is 2. The molecule has 0 radical (unpaired) electrons. The molecule has 1 N–H and O–H groups in total. The molecule has 17 heavy (non-hydrogen) atoms. The normalized spacial score (nSPS) is 25.2. The van der Waals surface area contributed by atoms with Crippen molar-refractivity contribution in [1.29, 1.82) is 0 Å². The van der Waals surface area contributed by atoms with Crippen LogP contribution >= 0.6 is 27.3 Å². The minimum Gasteiger partial charge on any atom is -0.296 e. The molecule has 2 atom stereocenters. The third kappa shape index (κ3) is 2.60. The zero-order valence-corrected chi connectivity index (χ0v) is 12.1. The smallest absolute Gasteiger partial charge is 0.230 e. The number of halogens is 1. The van der Waals surface area contributed by atoms with E-state index in [1.807, 2.05) is 25.3 Å². The summed E-state index contributed by atoms with van der Waals surface area (Å²) in [7, 11) is 0. The maximum atomic E-state index is 11.9. The molecule has 1 aromatic heterocycles. The van der Waals surface area contributed by atoms with E-state index in [1.165, 1.54) is 0 Å². The fraction of sp³-hybridized carbons (Fsp3) is 0.500. The van der Waals surface area contributed by atoms with E-state index in [-0.39, 0.29) is 29.6 Å². The average Bonchev–Trinajstić information content (AvgIpc) is 2.62. The summed E-state index contributed by atoms with van der Waals surface area (Å²) in [6.07, 6.45) is 0.401. The maximum Gasteiger partial charge on any atom is 0.230 e. The first-order valence-corrected chi connectivity index (χ1v) is 7.24. The van der Waals surface area contributed by atoms with E-state index in [0.29, 0.717) is 6.42 Å². The first-order valence-electron chi connectivity index (χ1n) is 5.56. The number of thiophene rings is 1. The van der Waals surface area contributed by atoms with E-state index < -0.39 is 0 Å². The largest absolute Gasteiger partial charge is 0.296 e. The molecule has 1 aromatic rings. The highest BCUT2D eigenvalue weighted by Gasteiger charge is 2.38. The highest BCUT2D eigenvalue weighted by Crippen LogP contribution is 2.38. The Hall–Kier alpha value is -0.680. The van der Waals surface area contributed by atoms with E-state index in [1.54, 1.807) is 11.3 Å². The van der Waals surface area contributed by atoms with Crippen molar-refractivity contribution in [1.82, 2.24) is 5.32 Å². The SMILES string of the molecule is CC(C)C1C(=O)NC(=O)CC1c1csc(Br)c1. The number of hydrogen-bond acceptors (Lipinski definition) is 3. The molecule has 0 bridgehead atoms. The monoisotopic (exact) mass is 315 g/mol. The molecule has 0 saturated carbocycles. The Morgan fingerprint density at radius 3 is 2.71 bits per heavy atom. The number of rotatable bonds is 2. The summed E-state index contributed by atoms with van der Waals surface area (Å²) in [6, 6.07) is 2.01. The lowest BCUT2D eigenvalue weighted by Crippen LogP contribution is -2.46. The molecule has 2 rings (SSSR count). The Morgan fingerprint density at radius 1 is 1.47 bits per heavy atom. The van der Waals surface area contributed by atoms with E-state index in [2.05, 4.69) is 21.2 Å². The van der Waals surface area contributed by atoms with Crippen LogP contribution in [0.15, 0.2) is 15.2 Å². The van der Waals surface area contributed by atoms with Gasteiger partial charge in [0.05, 0.1) is 3.79 Å². The third-order valence-electron chi connectivity index (χ3n) is 3.14. The standard InChI is InChI=1S/C12H14BrNO2S/c1-6(2)11-8(4-10(15)14-12(11)16)7-3-9(13)17-5-7/h3,5-6,8,11H,4H2,1-2H3,(H,14,15,16). The van der Waals surface area contributed by atoms with Gasteiger partial charge in [0.1, 0.15) is 0 Å². The van der Waals surface area contributed by atoms with Gasteiger partial charge in [0.25, 0.3) is 0 Å². The first-order chi connectivity index (χ1) is 7.99. The van der Waals surface area contributed by atoms with Crippen LogP contribution in [-0.2, 0) is 9.59 Å². The molecule has 1 saturated heterocycles. The summed E-state index contributed by atoms with van der Waals surface area (Å²) in [5, 5.41) is 4.45. The van der Waals surface area contributed by atoms with Gasteiger partial charge < -0.3 is 0 Å². The van der Waals surface area contributed by atoms with Gasteiger partial charge in [0, 0.05) is 18.3 Å². The van der Waals surface area contributed by atoms with Crippen LogP contribution in [-0.4, -0.2) is 11.8 Å². The van der Waals surface area contributed by atoms with Gasteiger partial charge in [-0.2, -0.15) is 0 Å². The van der Waals surface area contributed by atoms with Crippen LogP contribution in [0.3, 0.4) is 0 Å². The van der Waals surface area contributed by atoms with Crippen LogP contribution in [0.25, 0.3) is 0 Å². The Bertz CT molecular complexity index is 455. The van der Waals surface area contributed by atoms with Crippen molar-refractivity contribution in [2.45, 2.75) is 26.2 Å². The second kappa shape index (κ2) is 4.90. The lowest BCUT2D eigenvalue weighted by atomic mass is 9.75. The number of hydrogen-bond donors (Lipinski definition) is 1. The number of nitrogens with one attached hydrogen (secondary N) is 1. The zero-order valence-electron chi connectivity index (χ0n) is 9.70. The van der Waals surface area contributed by atoms with Gasteiger partial charge in [-0.05, 0) is 38.9 Å². The van der Waals surface area contributed by atoms with Crippen LogP contribution < -0.4 is 5.32 Å². The minimum absolute atomic E-state index is 0.0128. The molecule has 0 spiro atoms. The maximum absolute atomic E-state index is 11.9. The molecule has 0 aromatic carbocycles. The van der Waals surface area contributed by atoms with Crippen LogP contribution in [0.1, 0.15) is 31.7 Å². The van der Waals surface area contributed by atoms with Gasteiger partial charge >= 0.3 is 0 Å². The predicted molar refractivity (Wildman–Crippen MR) is 70.9 cm³/mol. The van der Waals surface area contributed by atoms with Crippen molar-refractivity contribution < 1.29 is 9.59 Å². The summed E-state index contributed by atoms with van der Waals surface area (Å²) in [6.45, 7) is 4.04. The molecule has 2 heterocycles. The van der Waals surface area contributed by atoms with Gasteiger partial charge in [-0.15, -0.1) is 11.3 Å². The van der Waals surface area contributed by atoms with Gasteiger partial charge in [-0.3, -0.25) is 14.9 Å². The van der Waals surface area contributed by atoms with Crippen molar-refractivity contribution in [3.63, 3.8) is 0 Å². The lowest BCUT2D eigenvalue weighted by Gasteiger charge is -2.32. The summed E-state index contributed by atoms with van der Waals surface area (Å²) in [4.78, 5) is 23.4. The van der Waals surface area contributed by atoms with Crippen LogP contribution in [0, 0.1) is 11.8 Å². The summed E-state index contributed by atoms with van der Waals surface area (Å²) in [5.74, 6) is -0.178. The Balaban J connectivity index is 2.33. The van der Waals surface area contributed by atoms with Crippen molar-refractivity contribution in [2.24, 2.45) is 11.8 Å². The number of carbonyl (C=O) groups excluding carboxylic acids is 2. The highest BCUT2D eigenvalue weighted by atomic mass is 79.9. The van der Waals surface area contributed by atoms with Gasteiger partial charge in [0.15, 0.2) is 0 Å². The molecule has 0 aliphatic carbocycles. The molecule has 1 aliphatic rings. The molecule has 1 fully saturated rings. The van der Waals surface area contributed by atoms with E-state index in [0.717, 1.165) is 9.35 Å². The zero-order chi connectivity index (χ0) is 12.6. The second-order valence-corrected chi connectivity index (χ2v) is 6.97. The van der Waals surface area contributed by atoms with Crippen LogP contribution in [0.5, 0.6) is 0 Å². The van der Waals surface area contributed by atoms with Crippen molar-refractivity contribution in [2.75, 3.05) is 0 Å².